The molecule has 2 aromatic carbocycles. The molecule has 19 heavy (non-hydrogen) atoms. The van der Waals surface area contributed by atoms with Crippen LogP contribution in [0.5, 0.6) is 0 Å². The summed E-state index contributed by atoms with van der Waals surface area (Å²) in [5.74, 6) is 0. The van der Waals surface area contributed by atoms with Crippen molar-refractivity contribution in [1.82, 2.24) is 5.32 Å². The molecule has 100 valence electrons. The molecule has 0 atom stereocenters. The lowest BCUT2D eigenvalue weighted by atomic mass is 10.1. The first-order chi connectivity index (χ1) is 9.29. The summed E-state index contributed by atoms with van der Waals surface area (Å²) in [6.45, 7) is 6.35. The fraction of sp³-hybridized carbons (Fsp3) is 0.333. The molecule has 1 nitrogen and oxygen atoms in total. The zero-order chi connectivity index (χ0) is 13.5. The Balaban J connectivity index is 1.76. The van der Waals surface area contributed by atoms with Crippen LogP contribution in [0.25, 0.3) is 0 Å². The molecule has 0 aliphatic carbocycles. The summed E-state index contributed by atoms with van der Waals surface area (Å²) < 4.78 is 0. The highest BCUT2D eigenvalue weighted by molar-refractivity contribution is 5.26. The van der Waals surface area contributed by atoms with E-state index in [1.54, 1.807) is 0 Å². The molecule has 0 saturated heterocycles. The highest BCUT2D eigenvalue weighted by Gasteiger charge is 1.97. The Morgan fingerprint density at radius 1 is 0.895 bits per heavy atom. The Morgan fingerprint density at radius 3 is 2.26 bits per heavy atom. The van der Waals surface area contributed by atoms with Crippen molar-refractivity contribution in [2.45, 2.75) is 33.2 Å². The molecular weight excluding hydrogens is 230 g/mol. The third-order valence-electron chi connectivity index (χ3n) is 3.59. The minimum atomic E-state index is 0.954. The van der Waals surface area contributed by atoms with Crippen LogP contribution in [0.15, 0.2) is 48.5 Å². The van der Waals surface area contributed by atoms with Crippen LogP contribution in [0.3, 0.4) is 0 Å². The Kier molecular flexibility index (Phi) is 5.17. The van der Waals surface area contributed by atoms with Crippen LogP contribution >= 0.6 is 0 Å². The van der Waals surface area contributed by atoms with Gasteiger partial charge < -0.3 is 5.32 Å². The van der Waals surface area contributed by atoms with E-state index >= 15 is 0 Å². The number of hydrogen-bond donors (Lipinski definition) is 1. The monoisotopic (exact) mass is 253 g/mol. The van der Waals surface area contributed by atoms with Crippen molar-refractivity contribution in [3.63, 3.8) is 0 Å². The molecule has 0 saturated carbocycles. The van der Waals surface area contributed by atoms with Crippen LogP contribution in [0.4, 0.5) is 0 Å². The topological polar surface area (TPSA) is 12.0 Å². The summed E-state index contributed by atoms with van der Waals surface area (Å²) in [6, 6.07) is 17.5. The SMILES string of the molecule is CCc1ccc(CNCCc2ccccc2C)cc1. The molecule has 0 unspecified atom stereocenters. The van der Waals surface area contributed by atoms with Crippen molar-refractivity contribution in [1.29, 1.82) is 0 Å². The molecule has 1 N–H and O–H groups in total. The van der Waals surface area contributed by atoms with E-state index in [9.17, 15) is 0 Å². The van der Waals surface area contributed by atoms with Gasteiger partial charge in [0.2, 0.25) is 0 Å². The van der Waals surface area contributed by atoms with Crippen LogP contribution in [-0.4, -0.2) is 6.54 Å². The van der Waals surface area contributed by atoms with E-state index < -0.39 is 0 Å². The van der Waals surface area contributed by atoms with Crippen molar-refractivity contribution in [2.24, 2.45) is 0 Å². The molecule has 0 aliphatic heterocycles. The first-order valence-electron chi connectivity index (χ1n) is 7.12. The van der Waals surface area contributed by atoms with Crippen LogP contribution < -0.4 is 5.32 Å². The highest BCUT2D eigenvalue weighted by atomic mass is 14.8. The third-order valence-corrected chi connectivity index (χ3v) is 3.59. The molecule has 2 aromatic rings. The molecule has 1 heteroatoms. The minimum absolute atomic E-state index is 0.954. The fourth-order valence-corrected chi connectivity index (χ4v) is 2.24. The van der Waals surface area contributed by atoms with Crippen LogP contribution in [-0.2, 0) is 19.4 Å². The normalized spacial score (nSPS) is 10.6. The van der Waals surface area contributed by atoms with Gasteiger partial charge in [0.15, 0.2) is 0 Å². The van der Waals surface area contributed by atoms with Crippen LogP contribution in [0.2, 0.25) is 0 Å². The van der Waals surface area contributed by atoms with Crippen molar-refractivity contribution in [3.8, 4) is 0 Å². The average Bonchev–Trinajstić information content (AvgIpc) is 2.46. The van der Waals surface area contributed by atoms with Crippen molar-refractivity contribution >= 4 is 0 Å². The van der Waals surface area contributed by atoms with Gasteiger partial charge >= 0.3 is 0 Å². The number of aryl methyl sites for hydroxylation is 2. The van der Waals surface area contributed by atoms with Gasteiger partial charge in [-0.3, -0.25) is 0 Å². The Hall–Kier alpha value is -1.60. The standard InChI is InChI=1S/C18H23N/c1-3-16-8-10-17(11-9-16)14-19-13-12-18-7-5-4-6-15(18)2/h4-11,19H,3,12-14H2,1-2H3. The Morgan fingerprint density at radius 2 is 1.58 bits per heavy atom. The Labute approximate surface area is 116 Å². The van der Waals surface area contributed by atoms with Gasteiger partial charge in [-0.15, -0.1) is 0 Å². The van der Waals surface area contributed by atoms with Gasteiger partial charge in [-0.25, -0.2) is 0 Å². The van der Waals surface area contributed by atoms with Gasteiger partial charge in [-0.2, -0.15) is 0 Å². The number of benzene rings is 2. The van der Waals surface area contributed by atoms with E-state index in [4.69, 9.17) is 0 Å². The van der Waals surface area contributed by atoms with E-state index in [0.29, 0.717) is 0 Å². The van der Waals surface area contributed by atoms with E-state index in [1.807, 2.05) is 0 Å². The molecular formula is C18H23N. The first-order valence-corrected chi connectivity index (χ1v) is 7.12. The number of hydrogen-bond acceptors (Lipinski definition) is 1. The maximum atomic E-state index is 3.51. The van der Waals surface area contributed by atoms with E-state index in [0.717, 1.165) is 25.9 Å². The van der Waals surface area contributed by atoms with Crippen molar-refractivity contribution in [2.75, 3.05) is 6.54 Å². The number of rotatable bonds is 6. The third kappa shape index (κ3) is 4.22. The van der Waals surface area contributed by atoms with Crippen LogP contribution in [0, 0.1) is 6.92 Å². The maximum absolute atomic E-state index is 3.51. The lowest BCUT2D eigenvalue weighted by molar-refractivity contribution is 0.685. The van der Waals surface area contributed by atoms with Gasteiger partial charge in [0, 0.05) is 6.54 Å². The predicted molar refractivity (Wildman–Crippen MR) is 82.4 cm³/mol. The molecule has 0 aliphatic rings. The van der Waals surface area contributed by atoms with Crippen molar-refractivity contribution < 1.29 is 0 Å². The second-order valence-corrected chi connectivity index (χ2v) is 5.02. The molecule has 2 rings (SSSR count). The van der Waals surface area contributed by atoms with Crippen molar-refractivity contribution in [3.05, 3.63) is 70.8 Å². The van der Waals surface area contributed by atoms with E-state index in [2.05, 4.69) is 67.7 Å². The van der Waals surface area contributed by atoms with E-state index in [1.165, 1.54) is 22.3 Å². The summed E-state index contributed by atoms with van der Waals surface area (Å²) in [5.41, 5.74) is 5.60. The minimum Gasteiger partial charge on any atom is -0.312 e. The smallest absolute Gasteiger partial charge is 0.0205 e. The van der Waals surface area contributed by atoms with Crippen LogP contribution in [0.1, 0.15) is 29.2 Å². The van der Waals surface area contributed by atoms with Gasteiger partial charge in [0.25, 0.3) is 0 Å². The lowest BCUT2D eigenvalue weighted by Crippen LogP contribution is -2.17. The zero-order valence-electron chi connectivity index (χ0n) is 11.9. The molecule has 0 bridgehead atoms. The second-order valence-electron chi connectivity index (χ2n) is 5.02. The number of nitrogens with one attached hydrogen (secondary N) is 1. The summed E-state index contributed by atoms with van der Waals surface area (Å²) in [4.78, 5) is 0. The molecule has 0 fully saturated rings. The molecule has 0 aromatic heterocycles. The molecule has 0 radical (unpaired) electrons. The molecule has 0 amide bonds. The maximum Gasteiger partial charge on any atom is 0.0205 e. The fourth-order valence-electron chi connectivity index (χ4n) is 2.24. The quantitative estimate of drug-likeness (QED) is 0.770. The summed E-state index contributed by atoms with van der Waals surface area (Å²) in [6.07, 6.45) is 2.21. The van der Waals surface area contributed by atoms with Gasteiger partial charge in [-0.1, -0.05) is 55.5 Å². The zero-order valence-corrected chi connectivity index (χ0v) is 11.9. The largest absolute Gasteiger partial charge is 0.312 e. The summed E-state index contributed by atoms with van der Waals surface area (Å²) >= 11 is 0. The molecule has 0 heterocycles. The Bertz CT molecular complexity index is 499. The highest BCUT2D eigenvalue weighted by Crippen LogP contribution is 2.07. The van der Waals surface area contributed by atoms with Gasteiger partial charge in [0.05, 0.1) is 0 Å². The average molecular weight is 253 g/mol. The summed E-state index contributed by atoms with van der Waals surface area (Å²) in [7, 11) is 0. The summed E-state index contributed by atoms with van der Waals surface area (Å²) in [5, 5.41) is 3.51. The molecule has 0 spiro atoms. The second kappa shape index (κ2) is 7.10. The van der Waals surface area contributed by atoms with Gasteiger partial charge in [-0.05, 0) is 48.6 Å². The lowest BCUT2D eigenvalue weighted by Gasteiger charge is -2.08. The predicted octanol–water partition coefficient (Wildman–Crippen LogP) is 3.89. The van der Waals surface area contributed by atoms with Gasteiger partial charge in [0.1, 0.15) is 0 Å². The van der Waals surface area contributed by atoms with E-state index in [-0.39, 0.29) is 0 Å². The first kappa shape index (κ1) is 13.8.